The van der Waals surface area contributed by atoms with Gasteiger partial charge in [-0.25, -0.2) is 9.97 Å². The van der Waals surface area contributed by atoms with Gasteiger partial charge in [-0.15, -0.1) is 11.3 Å². The number of methoxy groups -OCH3 is 1. The summed E-state index contributed by atoms with van der Waals surface area (Å²) in [5.41, 5.74) is 1.75. The van der Waals surface area contributed by atoms with Crippen molar-refractivity contribution < 1.29 is 14.5 Å². The van der Waals surface area contributed by atoms with Crippen LogP contribution in [0.5, 0.6) is 5.75 Å². The molecule has 4 rings (SSSR count). The van der Waals surface area contributed by atoms with Crippen molar-refractivity contribution in [3.8, 4) is 5.75 Å². The maximum Gasteiger partial charge on any atom is 0.271 e. The Bertz CT molecular complexity index is 1320. The zero-order chi connectivity index (χ0) is 22.8. The molecule has 1 amide bonds. The van der Waals surface area contributed by atoms with Crippen LogP contribution in [0.25, 0.3) is 10.2 Å². The lowest BCUT2D eigenvalue weighted by molar-refractivity contribution is -0.384. The van der Waals surface area contributed by atoms with E-state index in [2.05, 4.69) is 15.3 Å². The van der Waals surface area contributed by atoms with Gasteiger partial charge in [0.15, 0.2) is 0 Å². The van der Waals surface area contributed by atoms with Crippen LogP contribution in [0.1, 0.15) is 15.2 Å². The number of nitro benzene ring substituents is 1. The summed E-state index contributed by atoms with van der Waals surface area (Å²) in [4.78, 5) is 35.6. The first-order valence-corrected chi connectivity index (χ1v) is 10.4. The van der Waals surface area contributed by atoms with Gasteiger partial charge in [0.25, 0.3) is 11.6 Å². The van der Waals surface area contributed by atoms with E-state index in [9.17, 15) is 14.9 Å². The molecule has 0 aliphatic carbocycles. The fourth-order valence-electron chi connectivity index (χ4n) is 3.38. The van der Waals surface area contributed by atoms with Crippen LogP contribution in [-0.2, 0) is 0 Å². The van der Waals surface area contributed by atoms with Crippen LogP contribution >= 0.6 is 11.3 Å². The van der Waals surface area contributed by atoms with E-state index >= 15 is 0 Å². The van der Waals surface area contributed by atoms with Gasteiger partial charge in [0, 0.05) is 24.9 Å². The quantitative estimate of drug-likeness (QED) is 0.328. The minimum Gasteiger partial charge on any atom is -0.495 e. The monoisotopic (exact) mass is 449 g/mol. The fourth-order valence-corrected chi connectivity index (χ4v) is 4.42. The molecule has 1 N–H and O–H groups in total. The van der Waals surface area contributed by atoms with E-state index in [1.165, 1.54) is 43.0 Å². The highest BCUT2D eigenvalue weighted by Gasteiger charge is 2.23. The van der Waals surface area contributed by atoms with E-state index in [4.69, 9.17) is 4.74 Å². The number of carbonyl (C=O) groups excluding carboxylic acids is 1. The topological polar surface area (TPSA) is 110 Å². The number of benzene rings is 2. The third-order valence-electron chi connectivity index (χ3n) is 5.02. The Morgan fingerprint density at radius 2 is 1.94 bits per heavy atom. The first-order valence-electron chi connectivity index (χ1n) is 9.57. The van der Waals surface area contributed by atoms with E-state index in [0.717, 1.165) is 16.6 Å². The summed E-state index contributed by atoms with van der Waals surface area (Å²) in [6, 6.07) is 13.8. The number of aryl methyl sites for hydroxylation is 1. The molecule has 0 radical (unpaired) electrons. The lowest BCUT2D eigenvalue weighted by Crippen LogP contribution is -2.13. The van der Waals surface area contributed by atoms with Crippen molar-refractivity contribution in [1.29, 1.82) is 0 Å². The minimum atomic E-state index is -0.527. The van der Waals surface area contributed by atoms with E-state index in [1.54, 1.807) is 0 Å². The first-order chi connectivity index (χ1) is 15.4. The largest absolute Gasteiger partial charge is 0.495 e. The molecule has 0 atom stereocenters. The predicted molar refractivity (Wildman–Crippen MR) is 124 cm³/mol. The molecule has 10 heteroatoms. The number of hydrogen-bond donors (Lipinski definition) is 1. The third-order valence-corrected chi connectivity index (χ3v) is 6.21. The number of para-hydroxylation sites is 1. The molecular weight excluding hydrogens is 430 g/mol. The molecule has 0 saturated heterocycles. The van der Waals surface area contributed by atoms with Gasteiger partial charge in [-0.2, -0.15) is 0 Å². The maximum atomic E-state index is 13.1. The molecule has 9 nitrogen and oxygen atoms in total. The Hall–Kier alpha value is -4.05. The average molecular weight is 449 g/mol. The van der Waals surface area contributed by atoms with Crippen LogP contribution in [0.3, 0.4) is 0 Å². The average Bonchev–Trinajstić information content (AvgIpc) is 3.16. The Balaban J connectivity index is 1.73. The summed E-state index contributed by atoms with van der Waals surface area (Å²) in [5.74, 6) is 0.603. The van der Waals surface area contributed by atoms with Crippen LogP contribution in [0.2, 0.25) is 0 Å². The van der Waals surface area contributed by atoms with Crippen LogP contribution < -0.4 is 15.0 Å². The van der Waals surface area contributed by atoms with Gasteiger partial charge in [-0.1, -0.05) is 18.2 Å². The number of nitro groups is 1. The highest BCUT2D eigenvalue weighted by atomic mass is 32.1. The van der Waals surface area contributed by atoms with Crippen molar-refractivity contribution in [1.82, 2.24) is 9.97 Å². The van der Waals surface area contributed by atoms with Gasteiger partial charge in [0.2, 0.25) is 0 Å². The molecule has 162 valence electrons. The van der Waals surface area contributed by atoms with Crippen molar-refractivity contribution >= 4 is 50.3 Å². The lowest BCUT2D eigenvalue weighted by Gasteiger charge is -2.19. The third kappa shape index (κ3) is 3.83. The maximum absolute atomic E-state index is 13.1. The second-order valence-electron chi connectivity index (χ2n) is 6.92. The van der Waals surface area contributed by atoms with Gasteiger partial charge in [0.1, 0.15) is 22.7 Å². The number of non-ortho nitro benzene ring substituents is 1. The highest BCUT2D eigenvalue weighted by Crippen LogP contribution is 2.37. The number of nitrogens with zero attached hydrogens (tertiary/aromatic N) is 4. The van der Waals surface area contributed by atoms with E-state index in [1.807, 2.05) is 49.2 Å². The number of nitrogens with one attached hydrogen (secondary N) is 1. The molecule has 0 spiro atoms. The second kappa shape index (κ2) is 8.60. The number of anilines is 3. The fraction of sp³-hybridized carbons (Fsp3) is 0.136. The van der Waals surface area contributed by atoms with Gasteiger partial charge < -0.3 is 15.0 Å². The summed E-state index contributed by atoms with van der Waals surface area (Å²) in [7, 11) is 3.34. The normalized spacial score (nSPS) is 10.7. The van der Waals surface area contributed by atoms with Gasteiger partial charge in [0.05, 0.1) is 28.0 Å². The molecule has 2 aromatic heterocycles. The van der Waals surface area contributed by atoms with Crippen LogP contribution in [0, 0.1) is 17.0 Å². The molecule has 0 saturated carbocycles. The number of hydrogen-bond acceptors (Lipinski definition) is 8. The van der Waals surface area contributed by atoms with Crippen molar-refractivity contribution in [3.05, 3.63) is 75.4 Å². The number of amides is 1. The number of aromatic nitrogens is 2. The second-order valence-corrected chi connectivity index (χ2v) is 7.92. The molecular formula is C22H19N5O4S. The van der Waals surface area contributed by atoms with E-state index in [-0.39, 0.29) is 11.4 Å². The highest BCUT2D eigenvalue weighted by molar-refractivity contribution is 7.20. The standard InChI is InChI=1S/C22H19N5O4S/c1-13-18-20(26(2)14-7-5-4-6-8-14)23-12-24-22(18)32-19(13)21(28)25-16-11-15(27(29)30)9-10-17(16)31-3/h4-12H,1-3H3,(H,25,28). The Kier molecular flexibility index (Phi) is 5.69. The summed E-state index contributed by atoms with van der Waals surface area (Å²) >= 11 is 1.24. The molecule has 2 heterocycles. The van der Waals surface area contributed by atoms with Crippen molar-refractivity contribution in [2.75, 3.05) is 24.4 Å². The van der Waals surface area contributed by atoms with Crippen LogP contribution in [-0.4, -0.2) is 35.0 Å². The molecule has 0 aliphatic heterocycles. The summed E-state index contributed by atoms with van der Waals surface area (Å²) in [5, 5.41) is 14.6. The molecule has 0 fully saturated rings. The van der Waals surface area contributed by atoms with E-state index < -0.39 is 10.8 Å². The smallest absolute Gasteiger partial charge is 0.271 e. The van der Waals surface area contributed by atoms with Crippen molar-refractivity contribution in [3.63, 3.8) is 0 Å². The van der Waals surface area contributed by atoms with Gasteiger partial charge >= 0.3 is 0 Å². The Morgan fingerprint density at radius 3 is 2.62 bits per heavy atom. The number of ether oxygens (including phenoxy) is 1. The lowest BCUT2D eigenvalue weighted by atomic mass is 10.1. The summed E-state index contributed by atoms with van der Waals surface area (Å²) < 4.78 is 5.24. The Labute approximate surface area is 187 Å². The van der Waals surface area contributed by atoms with E-state index in [0.29, 0.717) is 21.3 Å². The summed E-state index contributed by atoms with van der Waals surface area (Å²) in [6.07, 6.45) is 1.47. The Morgan fingerprint density at radius 1 is 1.19 bits per heavy atom. The van der Waals surface area contributed by atoms with Gasteiger partial charge in [-0.05, 0) is 30.7 Å². The van der Waals surface area contributed by atoms with Crippen LogP contribution in [0.15, 0.2) is 54.9 Å². The molecule has 32 heavy (non-hydrogen) atoms. The molecule has 0 bridgehead atoms. The number of thiophene rings is 1. The minimum absolute atomic E-state index is 0.146. The zero-order valence-corrected chi connectivity index (χ0v) is 18.3. The molecule has 0 unspecified atom stereocenters. The molecule has 0 aliphatic rings. The summed E-state index contributed by atoms with van der Waals surface area (Å²) in [6.45, 7) is 1.84. The number of fused-ring (bicyclic) bond motifs is 1. The van der Waals surface area contributed by atoms with Gasteiger partial charge in [-0.3, -0.25) is 14.9 Å². The van der Waals surface area contributed by atoms with Crippen molar-refractivity contribution in [2.24, 2.45) is 0 Å². The molecule has 2 aromatic carbocycles. The molecule has 4 aromatic rings. The first kappa shape index (κ1) is 21.2. The SMILES string of the molecule is COc1ccc([N+](=O)[O-])cc1NC(=O)c1sc2ncnc(N(C)c3ccccc3)c2c1C. The number of rotatable bonds is 6. The van der Waals surface area contributed by atoms with Crippen molar-refractivity contribution in [2.45, 2.75) is 6.92 Å². The predicted octanol–water partition coefficient (Wildman–Crippen LogP) is 4.94. The van der Waals surface area contributed by atoms with Crippen LogP contribution in [0.4, 0.5) is 22.9 Å². The zero-order valence-electron chi connectivity index (χ0n) is 17.5. The number of carbonyl (C=O) groups is 1.